The molecular formula is C29H30FN3O4S. The standard InChI is InChI=1S/C29H30FN3O4S/c1-3-18-37-25-12-8-22(9-13-25)31-27(34)19-26-28(35)33(23-10-14-24(36-2)15-11-23)29(38)32(26)17-16-20-4-6-21(30)7-5-20/h4-15,26H,3,16-19H2,1-2H3,(H,31,34). The van der Waals surface area contributed by atoms with Crippen molar-refractivity contribution >= 4 is 40.5 Å². The Hall–Kier alpha value is -3.98. The number of methoxy groups -OCH3 is 1. The lowest BCUT2D eigenvalue weighted by atomic mass is 10.1. The molecule has 0 spiro atoms. The van der Waals surface area contributed by atoms with Crippen LogP contribution in [0.5, 0.6) is 11.5 Å². The molecule has 7 nitrogen and oxygen atoms in total. The summed E-state index contributed by atoms with van der Waals surface area (Å²) in [6.07, 6.45) is 1.35. The van der Waals surface area contributed by atoms with Gasteiger partial charge in [0.15, 0.2) is 5.11 Å². The molecule has 198 valence electrons. The number of amides is 2. The van der Waals surface area contributed by atoms with Crippen molar-refractivity contribution in [2.75, 3.05) is 30.5 Å². The molecule has 1 fully saturated rings. The Morgan fingerprint density at radius 3 is 2.29 bits per heavy atom. The van der Waals surface area contributed by atoms with Gasteiger partial charge < -0.3 is 19.7 Å². The molecule has 1 unspecified atom stereocenters. The second kappa shape index (κ2) is 12.5. The molecule has 0 aromatic heterocycles. The summed E-state index contributed by atoms with van der Waals surface area (Å²) in [6.45, 7) is 3.04. The molecule has 1 saturated heterocycles. The van der Waals surface area contributed by atoms with Crippen LogP contribution in [0, 0.1) is 5.82 Å². The maximum absolute atomic E-state index is 13.6. The van der Waals surface area contributed by atoms with Crippen LogP contribution in [0.15, 0.2) is 72.8 Å². The minimum atomic E-state index is -0.780. The summed E-state index contributed by atoms with van der Waals surface area (Å²) in [7, 11) is 1.57. The van der Waals surface area contributed by atoms with Crippen LogP contribution in [-0.2, 0) is 16.0 Å². The van der Waals surface area contributed by atoms with E-state index in [-0.39, 0.29) is 24.1 Å². The van der Waals surface area contributed by atoms with Crippen LogP contribution in [0.1, 0.15) is 25.3 Å². The van der Waals surface area contributed by atoms with E-state index in [9.17, 15) is 14.0 Å². The monoisotopic (exact) mass is 535 g/mol. The third-order valence-electron chi connectivity index (χ3n) is 6.19. The summed E-state index contributed by atoms with van der Waals surface area (Å²) in [5.41, 5.74) is 2.10. The second-order valence-electron chi connectivity index (χ2n) is 8.87. The third-order valence-corrected chi connectivity index (χ3v) is 6.61. The molecular weight excluding hydrogens is 505 g/mol. The van der Waals surface area contributed by atoms with Crippen LogP contribution in [0.4, 0.5) is 15.8 Å². The van der Waals surface area contributed by atoms with E-state index in [0.717, 1.165) is 17.7 Å². The molecule has 1 N–H and O–H groups in total. The number of ether oxygens (including phenoxy) is 2. The highest BCUT2D eigenvalue weighted by Crippen LogP contribution is 2.29. The smallest absolute Gasteiger partial charge is 0.256 e. The Morgan fingerprint density at radius 2 is 1.66 bits per heavy atom. The van der Waals surface area contributed by atoms with E-state index in [0.29, 0.717) is 41.8 Å². The Balaban J connectivity index is 1.50. The largest absolute Gasteiger partial charge is 0.497 e. The van der Waals surface area contributed by atoms with Gasteiger partial charge in [-0.1, -0.05) is 19.1 Å². The van der Waals surface area contributed by atoms with E-state index in [1.807, 2.05) is 6.92 Å². The molecule has 0 aliphatic carbocycles. The van der Waals surface area contributed by atoms with Crippen LogP contribution in [0.25, 0.3) is 0 Å². The minimum absolute atomic E-state index is 0.0802. The highest BCUT2D eigenvalue weighted by molar-refractivity contribution is 7.80. The quantitative estimate of drug-likeness (QED) is 0.341. The number of halogens is 1. The van der Waals surface area contributed by atoms with Crippen molar-refractivity contribution in [3.8, 4) is 11.5 Å². The van der Waals surface area contributed by atoms with Gasteiger partial charge in [0.2, 0.25) is 5.91 Å². The summed E-state index contributed by atoms with van der Waals surface area (Å²) in [5, 5.41) is 3.18. The fourth-order valence-electron chi connectivity index (χ4n) is 4.20. The molecule has 2 amide bonds. The molecule has 0 radical (unpaired) electrons. The Bertz CT molecular complexity index is 1270. The number of benzene rings is 3. The number of hydrogen-bond acceptors (Lipinski definition) is 5. The zero-order valence-electron chi connectivity index (χ0n) is 21.4. The van der Waals surface area contributed by atoms with Crippen LogP contribution >= 0.6 is 12.2 Å². The fraction of sp³-hybridized carbons (Fsp3) is 0.276. The summed E-state index contributed by atoms with van der Waals surface area (Å²) >= 11 is 5.72. The Morgan fingerprint density at radius 1 is 1.00 bits per heavy atom. The highest BCUT2D eigenvalue weighted by atomic mass is 32.1. The number of carbonyl (C=O) groups excluding carboxylic acids is 2. The van der Waals surface area contributed by atoms with Gasteiger partial charge in [0.05, 0.1) is 25.8 Å². The predicted octanol–water partition coefficient (Wildman–Crippen LogP) is 5.20. The SMILES string of the molecule is CCCOc1ccc(NC(=O)CC2C(=O)N(c3ccc(OC)cc3)C(=S)N2CCc2ccc(F)cc2)cc1. The number of thiocarbonyl (C=S) groups is 1. The zero-order chi connectivity index (χ0) is 27.1. The third kappa shape index (κ3) is 6.47. The molecule has 1 aliphatic rings. The maximum Gasteiger partial charge on any atom is 0.256 e. The maximum atomic E-state index is 13.6. The van der Waals surface area contributed by atoms with Crippen LogP contribution in [0.2, 0.25) is 0 Å². The lowest BCUT2D eigenvalue weighted by Gasteiger charge is -2.24. The Kier molecular flexibility index (Phi) is 8.91. The van der Waals surface area contributed by atoms with Crippen molar-refractivity contribution in [1.82, 2.24) is 4.90 Å². The average molecular weight is 536 g/mol. The van der Waals surface area contributed by atoms with Crippen LogP contribution in [-0.4, -0.2) is 48.1 Å². The molecule has 1 atom stereocenters. The summed E-state index contributed by atoms with van der Waals surface area (Å²) in [4.78, 5) is 29.8. The van der Waals surface area contributed by atoms with Gasteiger partial charge in [0.25, 0.3) is 5.91 Å². The van der Waals surface area contributed by atoms with E-state index in [4.69, 9.17) is 21.7 Å². The Labute approximate surface area is 227 Å². The van der Waals surface area contributed by atoms with E-state index in [1.165, 1.54) is 17.0 Å². The van der Waals surface area contributed by atoms with E-state index >= 15 is 0 Å². The minimum Gasteiger partial charge on any atom is -0.497 e. The van der Waals surface area contributed by atoms with Gasteiger partial charge in [0.1, 0.15) is 23.4 Å². The molecule has 1 aliphatic heterocycles. The number of nitrogens with zero attached hydrogens (tertiary/aromatic N) is 2. The molecule has 9 heteroatoms. The molecule has 38 heavy (non-hydrogen) atoms. The predicted molar refractivity (Wildman–Crippen MR) is 149 cm³/mol. The lowest BCUT2D eigenvalue weighted by molar-refractivity contribution is -0.124. The zero-order valence-corrected chi connectivity index (χ0v) is 22.2. The first-order valence-corrected chi connectivity index (χ1v) is 12.9. The van der Waals surface area contributed by atoms with Gasteiger partial charge in [-0.25, -0.2) is 4.39 Å². The van der Waals surface area contributed by atoms with E-state index in [2.05, 4.69) is 5.32 Å². The number of rotatable bonds is 11. The molecule has 1 heterocycles. The normalized spacial score (nSPS) is 15.1. The van der Waals surface area contributed by atoms with Crippen LogP contribution in [0.3, 0.4) is 0 Å². The average Bonchev–Trinajstić information content (AvgIpc) is 3.16. The van der Waals surface area contributed by atoms with Crippen molar-refractivity contribution in [3.05, 3.63) is 84.2 Å². The van der Waals surface area contributed by atoms with Crippen molar-refractivity contribution in [2.45, 2.75) is 32.2 Å². The summed E-state index contributed by atoms with van der Waals surface area (Å²) in [5.74, 6) is 0.477. The first-order chi connectivity index (χ1) is 18.4. The molecule has 3 aromatic carbocycles. The van der Waals surface area contributed by atoms with E-state index in [1.54, 1.807) is 72.7 Å². The van der Waals surface area contributed by atoms with Crippen molar-refractivity contribution in [1.29, 1.82) is 0 Å². The van der Waals surface area contributed by atoms with Crippen molar-refractivity contribution in [3.63, 3.8) is 0 Å². The van der Waals surface area contributed by atoms with E-state index < -0.39 is 6.04 Å². The molecule has 0 bridgehead atoms. The number of carbonyl (C=O) groups is 2. The van der Waals surface area contributed by atoms with Gasteiger partial charge >= 0.3 is 0 Å². The lowest BCUT2D eigenvalue weighted by Crippen LogP contribution is -2.39. The van der Waals surface area contributed by atoms with Gasteiger partial charge in [-0.15, -0.1) is 0 Å². The molecule has 3 aromatic rings. The van der Waals surface area contributed by atoms with Gasteiger partial charge in [0, 0.05) is 12.2 Å². The van der Waals surface area contributed by atoms with Gasteiger partial charge in [-0.3, -0.25) is 14.5 Å². The van der Waals surface area contributed by atoms with Crippen LogP contribution < -0.4 is 19.7 Å². The first-order valence-electron chi connectivity index (χ1n) is 12.5. The second-order valence-corrected chi connectivity index (χ2v) is 9.23. The highest BCUT2D eigenvalue weighted by Gasteiger charge is 2.43. The van der Waals surface area contributed by atoms with Gasteiger partial charge in [-0.05, 0) is 91.3 Å². The number of hydrogen-bond donors (Lipinski definition) is 1. The number of nitrogens with one attached hydrogen (secondary N) is 1. The fourth-order valence-corrected chi connectivity index (χ4v) is 4.61. The topological polar surface area (TPSA) is 71.1 Å². The van der Waals surface area contributed by atoms with Gasteiger partial charge in [-0.2, -0.15) is 0 Å². The molecule has 4 rings (SSSR count). The van der Waals surface area contributed by atoms with Crippen molar-refractivity contribution in [2.24, 2.45) is 0 Å². The summed E-state index contributed by atoms with van der Waals surface area (Å²) in [6, 6.07) is 19.5. The number of anilines is 2. The molecule has 0 saturated carbocycles. The first kappa shape index (κ1) is 27.1. The summed E-state index contributed by atoms with van der Waals surface area (Å²) < 4.78 is 24.2. The van der Waals surface area contributed by atoms with Crippen molar-refractivity contribution < 1.29 is 23.5 Å².